The van der Waals surface area contributed by atoms with Crippen molar-refractivity contribution in [2.75, 3.05) is 13.2 Å². The van der Waals surface area contributed by atoms with Crippen LogP contribution >= 0.6 is 11.3 Å². The number of esters is 1. The molecule has 1 aromatic rings. The maximum absolute atomic E-state index is 11.4. The third-order valence-corrected chi connectivity index (χ3v) is 3.68. The minimum atomic E-state index is -0.168. The summed E-state index contributed by atoms with van der Waals surface area (Å²) in [5.41, 5.74) is 0. The highest BCUT2D eigenvalue weighted by atomic mass is 32.1. The Hall–Kier alpha value is -0.870. The predicted octanol–water partition coefficient (Wildman–Crippen LogP) is 3.05. The normalized spacial score (nSPS) is 12.4. The molecule has 96 valence electrons. The highest BCUT2D eigenvalue weighted by Gasteiger charge is 2.09. The first-order chi connectivity index (χ1) is 8.13. The second-order valence-corrected chi connectivity index (χ2v) is 5.44. The lowest BCUT2D eigenvalue weighted by molar-refractivity contribution is -0.142. The average molecular weight is 255 g/mol. The number of aryl methyl sites for hydroxylation is 1. The molecule has 0 aliphatic heterocycles. The van der Waals surface area contributed by atoms with Crippen LogP contribution in [0, 0.1) is 6.92 Å². The van der Waals surface area contributed by atoms with E-state index < -0.39 is 0 Å². The van der Waals surface area contributed by atoms with E-state index in [1.165, 1.54) is 9.75 Å². The van der Waals surface area contributed by atoms with Crippen LogP contribution in [0.4, 0.5) is 0 Å². The lowest BCUT2D eigenvalue weighted by Gasteiger charge is -2.11. The van der Waals surface area contributed by atoms with Gasteiger partial charge in [-0.25, -0.2) is 0 Å². The predicted molar refractivity (Wildman–Crippen MR) is 71.3 cm³/mol. The number of rotatable bonds is 7. The van der Waals surface area contributed by atoms with E-state index in [0.29, 0.717) is 6.61 Å². The Kier molecular flexibility index (Phi) is 6.22. The maximum atomic E-state index is 11.4. The molecule has 1 aromatic heterocycles. The molecule has 0 bridgehead atoms. The van der Waals surface area contributed by atoms with E-state index in [0.717, 1.165) is 12.8 Å². The molecule has 0 saturated carbocycles. The zero-order valence-electron chi connectivity index (χ0n) is 10.8. The monoisotopic (exact) mass is 255 g/mol. The minimum absolute atomic E-state index is 0.168. The minimum Gasteiger partial charge on any atom is -0.465 e. The van der Waals surface area contributed by atoms with Crippen molar-refractivity contribution in [2.24, 2.45) is 0 Å². The zero-order chi connectivity index (χ0) is 12.7. The van der Waals surface area contributed by atoms with Gasteiger partial charge < -0.3 is 4.74 Å². The van der Waals surface area contributed by atoms with Gasteiger partial charge in [-0.3, -0.25) is 10.1 Å². The standard InChI is InChI=1S/C13H21NO2S/c1-4-5-8-16-13(15)9-14-11(3)12-7-6-10(2)17-12/h6-7,11,14H,4-5,8-9H2,1-3H3. The summed E-state index contributed by atoms with van der Waals surface area (Å²) in [7, 11) is 0. The summed E-state index contributed by atoms with van der Waals surface area (Å²) in [5, 5.41) is 3.17. The molecule has 4 heteroatoms. The molecule has 0 aliphatic carbocycles. The zero-order valence-corrected chi connectivity index (χ0v) is 11.6. The second-order valence-electron chi connectivity index (χ2n) is 4.13. The molecule has 0 aromatic carbocycles. The third kappa shape index (κ3) is 5.33. The smallest absolute Gasteiger partial charge is 0.319 e. The number of thiophene rings is 1. The molecule has 3 nitrogen and oxygen atoms in total. The molecule has 0 radical (unpaired) electrons. The van der Waals surface area contributed by atoms with E-state index in [-0.39, 0.29) is 18.6 Å². The van der Waals surface area contributed by atoms with Crippen LogP contribution in [-0.2, 0) is 9.53 Å². The molecule has 0 spiro atoms. The van der Waals surface area contributed by atoms with Gasteiger partial charge in [-0.1, -0.05) is 13.3 Å². The Bertz CT molecular complexity index is 349. The third-order valence-electron chi connectivity index (χ3n) is 2.50. The van der Waals surface area contributed by atoms with Crippen molar-refractivity contribution >= 4 is 17.3 Å². The van der Waals surface area contributed by atoms with E-state index in [4.69, 9.17) is 4.74 Å². The summed E-state index contributed by atoms with van der Waals surface area (Å²) >= 11 is 1.75. The molecule has 17 heavy (non-hydrogen) atoms. The van der Waals surface area contributed by atoms with Crippen LogP contribution < -0.4 is 5.32 Å². The number of carbonyl (C=O) groups excluding carboxylic acids is 1. The van der Waals surface area contributed by atoms with Crippen molar-refractivity contribution in [3.8, 4) is 0 Å². The van der Waals surface area contributed by atoms with Crippen LogP contribution in [0.2, 0.25) is 0 Å². The van der Waals surface area contributed by atoms with E-state index in [2.05, 4.69) is 38.2 Å². The van der Waals surface area contributed by atoms with E-state index in [9.17, 15) is 4.79 Å². The van der Waals surface area contributed by atoms with Gasteiger partial charge in [-0.2, -0.15) is 0 Å². The van der Waals surface area contributed by atoms with Gasteiger partial charge >= 0.3 is 5.97 Å². The molecular weight excluding hydrogens is 234 g/mol. The summed E-state index contributed by atoms with van der Waals surface area (Å²) < 4.78 is 5.08. The molecule has 1 unspecified atom stereocenters. The van der Waals surface area contributed by atoms with Crippen molar-refractivity contribution < 1.29 is 9.53 Å². The molecule has 0 aliphatic rings. The van der Waals surface area contributed by atoms with E-state index >= 15 is 0 Å². The maximum Gasteiger partial charge on any atom is 0.319 e. The fourth-order valence-corrected chi connectivity index (χ4v) is 2.31. The molecule has 1 N–H and O–H groups in total. The molecular formula is C13H21NO2S. The Balaban J connectivity index is 2.23. The molecule has 1 heterocycles. The summed E-state index contributed by atoms with van der Waals surface area (Å²) in [6.45, 7) is 7.03. The highest BCUT2D eigenvalue weighted by Crippen LogP contribution is 2.21. The van der Waals surface area contributed by atoms with Gasteiger partial charge in [0.1, 0.15) is 0 Å². The second kappa shape index (κ2) is 7.45. The molecule has 0 fully saturated rings. The summed E-state index contributed by atoms with van der Waals surface area (Å²) in [6.07, 6.45) is 1.98. The number of carbonyl (C=O) groups is 1. The average Bonchev–Trinajstić information content (AvgIpc) is 2.73. The van der Waals surface area contributed by atoms with Crippen molar-refractivity contribution in [3.05, 3.63) is 21.9 Å². The van der Waals surface area contributed by atoms with Crippen LogP contribution in [-0.4, -0.2) is 19.1 Å². The summed E-state index contributed by atoms with van der Waals surface area (Å²) in [6, 6.07) is 4.39. The Labute approximate surface area is 107 Å². The largest absolute Gasteiger partial charge is 0.465 e. The first kappa shape index (κ1) is 14.2. The number of unbranched alkanes of at least 4 members (excludes halogenated alkanes) is 1. The van der Waals surface area contributed by atoms with Crippen LogP contribution in [0.5, 0.6) is 0 Å². The number of ether oxygens (including phenoxy) is 1. The topological polar surface area (TPSA) is 38.3 Å². The van der Waals surface area contributed by atoms with Gasteiger partial charge in [0.2, 0.25) is 0 Å². The van der Waals surface area contributed by atoms with Gasteiger partial charge in [0.25, 0.3) is 0 Å². The Morgan fingerprint density at radius 2 is 2.29 bits per heavy atom. The first-order valence-electron chi connectivity index (χ1n) is 6.08. The van der Waals surface area contributed by atoms with Crippen molar-refractivity contribution in [1.82, 2.24) is 5.32 Å². The Morgan fingerprint density at radius 3 is 2.88 bits per heavy atom. The van der Waals surface area contributed by atoms with Gasteiger partial charge in [0.05, 0.1) is 13.2 Å². The van der Waals surface area contributed by atoms with Gasteiger partial charge in [0, 0.05) is 15.8 Å². The lowest BCUT2D eigenvalue weighted by Crippen LogP contribution is -2.27. The molecule has 1 rings (SSSR count). The van der Waals surface area contributed by atoms with Crippen LogP contribution in [0.1, 0.15) is 42.5 Å². The molecule has 1 atom stereocenters. The highest BCUT2D eigenvalue weighted by molar-refractivity contribution is 7.12. The van der Waals surface area contributed by atoms with Gasteiger partial charge in [-0.15, -0.1) is 11.3 Å². The SMILES string of the molecule is CCCCOC(=O)CNC(C)c1ccc(C)s1. The quantitative estimate of drug-likeness (QED) is 0.601. The fourth-order valence-electron chi connectivity index (χ4n) is 1.40. The molecule has 0 saturated heterocycles. The summed E-state index contributed by atoms with van der Waals surface area (Å²) in [4.78, 5) is 13.9. The fraction of sp³-hybridized carbons (Fsp3) is 0.615. The summed E-state index contributed by atoms with van der Waals surface area (Å²) in [5.74, 6) is -0.168. The lowest BCUT2D eigenvalue weighted by atomic mass is 10.3. The Morgan fingerprint density at radius 1 is 1.53 bits per heavy atom. The van der Waals surface area contributed by atoms with Crippen molar-refractivity contribution in [2.45, 2.75) is 39.7 Å². The first-order valence-corrected chi connectivity index (χ1v) is 6.90. The van der Waals surface area contributed by atoms with Crippen LogP contribution in [0.15, 0.2) is 12.1 Å². The van der Waals surface area contributed by atoms with Crippen LogP contribution in [0.25, 0.3) is 0 Å². The van der Waals surface area contributed by atoms with Gasteiger partial charge in [0.15, 0.2) is 0 Å². The van der Waals surface area contributed by atoms with Gasteiger partial charge in [-0.05, 0) is 32.4 Å². The van der Waals surface area contributed by atoms with E-state index in [1.54, 1.807) is 11.3 Å². The number of hydrogen-bond acceptors (Lipinski definition) is 4. The number of nitrogens with one attached hydrogen (secondary N) is 1. The van der Waals surface area contributed by atoms with E-state index in [1.807, 2.05) is 0 Å². The van der Waals surface area contributed by atoms with Crippen LogP contribution in [0.3, 0.4) is 0 Å². The van der Waals surface area contributed by atoms with Crippen molar-refractivity contribution in [3.63, 3.8) is 0 Å². The number of hydrogen-bond donors (Lipinski definition) is 1. The molecule has 0 amide bonds. The van der Waals surface area contributed by atoms with Crippen molar-refractivity contribution in [1.29, 1.82) is 0 Å².